The van der Waals surface area contributed by atoms with Crippen molar-refractivity contribution in [2.45, 2.75) is 244 Å². The Hall–Kier alpha value is -7.49. The number of carbonyl (C=O) groups is 14. The van der Waals surface area contributed by atoms with Gasteiger partial charge in [0.25, 0.3) is 0 Å². The molecule has 5 amide bonds. The van der Waals surface area contributed by atoms with Gasteiger partial charge < -0.3 is 82.2 Å². The van der Waals surface area contributed by atoms with Crippen molar-refractivity contribution in [1.29, 1.82) is 0 Å². The summed E-state index contributed by atoms with van der Waals surface area (Å²) in [6, 6.07) is -3.59. The Balaban J connectivity index is 2.27. The summed E-state index contributed by atoms with van der Waals surface area (Å²) >= 11 is 0. The molecule has 0 fully saturated rings. The number of aromatic nitrogens is 2. The number of primary amides is 1. The van der Waals surface area contributed by atoms with E-state index in [4.69, 9.17) is 35.5 Å². The highest BCUT2D eigenvalue weighted by molar-refractivity contribution is 5.93. The first-order valence-electron chi connectivity index (χ1n) is 36.4. The number of nitrogens with one attached hydrogen (secondary N) is 6. The quantitative estimate of drug-likeness (QED) is 0.0413. The average Bonchev–Trinajstić information content (AvgIpc) is 1.42. The standard InChI is InChI=1S/C71H119N9O23/c1-49(81)66(67(73)93)78-45-59(85)50(23-27-60(86)71(2,3)43-58(84)56(72)42-53-44-74-48-79-53)20-18-19-31-75-62(88)30-26-57(70(98)99)80-63(89)29-25-52(69(96)97)41-55(83)46-102-38-36-101-35-33-77-64(90)47-103-39-37-100-34-32-76-61(87)28-24-51(68(94)95)40-54(82)21-16-14-12-10-8-6-4-5-7-9-11-13-15-17-22-65(91)92/h44,48-52,56-57,66,78,81H,4-43,45-47,72H2,1-3H3,(H2,73,93)(H,74,79)(H,75,88)(H,76,87)(H,77,90)(H,80,89)(H,91,92)(H,94,95)(H,96,97)(H,98,99)/t49-,50-,51-,52-,56+,57+,66+/m1/s1. The number of carboxylic acid groups (broad SMARTS) is 4. The van der Waals surface area contributed by atoms with Gasteiger partial charge >= 0.3 is 23.9 Å². The molecular formula is C71H119N9O23. The number of aliphatic carboxylic acids is 4. The third-order valence-electron chi connectivity index (χ3n) is 17.4. The molecule has 7 atom stereocenters. The molecule has 0 spiro atoms. The topological polar surface area (TPSA) is 518 Å². The first-order chi connectivity index (χ1) is 49.0. The normalized spacial score (nSPS) is 13.5. The molecule has 1 rings (SSSR count). The van der Waals surface area contributed by atoms with E-state index in [2.05, 4.69) is 36.6 Å². The van der Waals surface area contributed by atoms with Crippen LogP contribution in [-0.4, -0.2) is 221 Å². The zero-order valence-corrected chi connectivity index (χ0v) is 60.8. The van der Waals surface area contributed by atoms with E-state index in [-0.39, 0.29) is 179 Å². The Kier molecular flexibility index (Phi) is 51.7. The van der Waals surface area contributed by atoms with Crippen molar-refractivity contribution in [3.8, 4) is 0 Å². The smallest absolute Gasteiger partial charge is 0.326 e. The monoisotopic (exact) mass is 1470 g/mol. The van der Waals surface area contributed by atoms with Gasteiger partial charge in [-0.05, 0) is 58.3 Å². The molecule has 586 valence electrons. The largest absolute Gasteiger partial charge is 0.481 e. The molecule has 1 aromatic rings. The summed E-state index contributed by atoms with van der Waals surface area (Å²) in [7, 11) is 0. The number of ether oxygens (including phenoxy) is 4. The van der Waals surface area contributed by atoms with E-state index in [9.17, 15) is 87.5 Å². The molecule has 0 saturated heterocycles. The molecule has 0 aliphatic rings. The van der Waals surface area contributed by atoms with Crippen molar-refractivity contribution in [1.82, 2.24) is 36.6 Å². The predicted octanol–water partition coefficient (Wildman–Crippen LogP) is 3.77. The summed E-state index contributed by atoms with van der Waals surface area (Å²) in [4.78, 5) is 180. The first kappa shape index (κ1) is 93.5. The van der Waals surface area contributed by atoms with Gasteiger partial charge in [0.05, 0.1) is 76.5 Å². The molecule has 0 unspecified atom stereocenters. The van der Waals surface area contributed by atoms with Crippen LogP contribution in [0.2, 0.25) is 0 Å². The maximum absolute atomic E-state index is 13.5. The second-order valence-corrected chi connectivity index (χ2v) is 26.9. The van der Waals surface area contributed by atoms with Gasteiger partial charge in [0, 0.05) is 107 Å². The Morgan fingerprint density at radius 1 is 0.515 bits per heavy atom. The molecule has 0 saturated carbocycles. The maximum Gasteiger partial charge on any atom is 0.326 e. The van der Waals surface area contributed by atoms with Gasteiger partial charge in [-0.15, -0.1) is 0 Å². The minimum absolute atomic E-state index is 0.0329. The van der Waals surface area contributed by atoms with Crippen LogP contribution in [-0.2, 0) is 92.5 Å². The zero-order chi connectivity index (χ0) is 76.8. The molecule has 1 heterocycles. The van der Waals surface area contributed by atoms with Crippen molar-refractivity contribution >= 4 is 82.3 Å². The van der Waals surface area contributed by atoms with Crippen LogP contribution in [0.1, 0.15) is 219 Å². The fourth-order valence-corrected chi connectivity index (χ4v) is 11.1. The van der Waals surface area contributed by atoms with Gasteiger partial charge in [0.2, 0.25) is 29.5 Å². The van der Waals surface area contributed by atoms with Crippen LogP contribution in [0, 0.1) is 23.2 Å². The maximum atomic E-state index is 13.5. The van der Waals surface area contributed by atoms with Crippen LogP contribution < -0.4 is 38.1 Å². The number of amides is 5. The third-order valence-corrected chi connectivity index (χ3v) is 17.4. The number of Topliss-reactive ketones (excluding diaryl/α,β-unsaturated/α-hetero) is 5. The van der Waals surface area contributed by atoms with E-state index >= 15 is 0 Å². The van der Waals surface area contributed by atoms with E-state index in [1.807, 2.05) is 0 Å². The van der Waals surface area contributed by atoms with Gasteiger partial charge in [0.15, 0.2) is 11.6 Å². The van der Waals surface area contributed by atoms with E-state index in [1.54, 1.807) is 20.0 Å². The van der Waals surface area contributed by atoms with E-state index in [0.717, 1.165) is 51.4 Å². The number of aromatic amines is 1. The third kappa shape index (κ3) is 49.0. The van der Waals surface area contributed by atoms with Gasteiger partial charge in [0.1, 0.15) is 42.6 Å². The minimum Gasteiger partial charge on any atom is -0.481 e. The van der Waals surface area contributed by atoms with Gasteiger partial charge in [-0.3, -0.25) is 67.6 Å². The molecule has 0 radical (unpaired) electrons. The van der Waals surface area contributed by atoms with E-state index < -0.39 is 120 Å². The molecule has 32 heteroatoms. The Bertz CT molecular complexity index is 2710. The van der Waals surface area contributed by atoms with Crippen molar-refractivity contribution < 1.29 is 112 Å². The number of hydrogen-bond acceptors (Lipinski definition) is 22. The van der Waals surface area contributed by atoms with Crippen molar-refractivity contribution in [2.75, 3.05) is 79.0 Å². The lowest BCUT2D eigenvalue weighted by Gasteiger charge is -2.25. The van der Waals surface area contributed by atoms with Crippen LogP contribution in [0.25, 0.3) is 0 Å². The van der Waals surface area contributed by atoms with Crippen molar-refractivity contribution in [2.24, 2.45) is 34.6 Å². The highest BCUT2D eigenvalue weighted by Crippen LogP contribution is 2.28. The Morgan fingerprint density at radius 2 is 1.00 bits per heavy atom. The fraction of sp³-hybridized carbons (Fsp3) is 0.761. The lowest BCUT2D eigenvalue weighted by Crippen LogP contribution is -2.50. The number of carbonyl (C=O) groups excluding carboxylic acids is 10. The van der Waals surface area contributed by atoms with Crippen LogP contribution in [0.4, 0.5) is 0 Å². The van der Waals surface area contributed by atoms with Crippen molar-refractivity contribution in [3.63, 3.8) is 0 Å². The lowest BCUT2D eigenvalue weighted by atomic mass is 9.78. The molecule has 0 aromatic carbocycles. The van der Waals surface area contributed by atoms with Crippen LogP contribution in [0.15, 0.2) is 12.5 Å². The Morgan fingerprint density at radius 3 is 1.51 bits per heavy atom. The lowest BCUT2D eigenvalue weighted by molar-refractivity contribution is -0.145. The molecule has 32 nitrogen and oxygen atoms in total. The molecule has 0 bridgehead atoms. The first-order valence-corrected chi connectivity index (χ1v) is 36.4. The second-order valence-electron chi connectivity index (χ2n) is 26.9. The number of unbranched alkanes of at least 4 members (excludes halogenated alkanes) is 14. The summed E-state index contributed by atoms with van der Waals surface area (Å²) in [5.74, 6) is -12.3. The fourth-order valence-electron chi connectivity index (χ4n) is 11.1. The minimum atomic E-state index is -1.51. The van der Waals surface area contributed by atoms with Gasteiger partial charge in [-0.2, -0.15) is 0 Å². The van der Waals surface area contributed by atoms with Crippen LogP contribution in [0.3, 0.4) is 0 Å². The average molecular weight is 1470 g/mol. The van der Waals surface area contributed by atoms with Crippen LogP contribution >= 0.6 is 0 Å². The number of rotatable bonds is 70. The highest BCUT2D eigenvalue weighted by Gasteiger charge is 2.34. The zero-order valence-electron chi connectivity index (χ0n) is 60.8. The summed E-state index contributed by atoms with van der Waals surface area (Å²) in [6.45, 7) is 4.36. The van der Waals surface area contributed by atoms with Gasteiger partial charge in [-0.25, -0.2) is 9.78 Å². The molecule has 103 heavy (non-hydrogen) atoms. The van der Waals surface area contributed by atoms with E-state index in [0.29, 0.717) is 31.4 Å². The number of aliphatic hydroxyl groups is 1. The number of H-pyrrole nitrogens is 1. The molecule has 15 N–H and O–H groups in total. The molecule has 0 aliphatic heterocycles. The number of aliphatic hydroxyl groups excluding tert-OH is 1. The number of ketones is 5. The van der Waals surface area contributed by atoms with Crippen LogP contribution in [0.5, 0.6) is 0 Å². The number of carboxylic acids is 4. The van der Waals surface area contributed by atoms with Crippen molar-refractivity contribution in [3.05, 3.63) is 18.2 Å². The highest BCUT2D eigenvalue weighted by atomic mass is 16.5. The molecule has 0 aliphatic carbocycles. The Labute approximate surface area is 604 Å². The SMILES string of the molecule is C[C@@H](O)[C@H](NCC(=O)[C@H](CCCCNC(=O)CC[C@H](NC(=O)CC[C@H](CC(=O)COCCOCCNC(=O)COCCOCCNC(=O)CC[C@H](CC(=O)CCCCCCCCCCCCCCCCC(=O)O)C(=O)O)C(=O)O)C(=O)O)CCC(=O)C(C)(C)CC(=O)[C@@H](N)Cc1cnc[nH]1)C(N)=O. The number of nitrogens with two attached hydrogens (primary N) is 2. The van der Waals surface area contributed by atoms with E-state index in [1.165, 1.54) is 45.4 Å². The summed E-state index contributed by atoms with van der Waals surface area (Å²) < 4.78 is 21.4. The summed E-state index contributed by atoms with van der Waals surface area (Å²) in [5, 5.41) is 60.7. The predicted molar refractivity (Wildman–Crippen MR) is 376 cm³/mol. The molecule has 1 aromatic heterocycles. The number of nitrogens with zero attached hydrogens (tertiary/aromatic N) is 1. The summed E-state index contributed by atoms with van der Waals surface area (Å²) in [6.07, 6.45) is 16.3. The molecular weight excluding hydrogens is 1350 g/mol. The number of imidazole rings is 1. The second kappa shape index (κ2) is 56.9. The number of hydrogen-bond donors (Lipinski definition) is 13. The summed E-state index contributed by atoms with van der Waals surface area (Å²) in [5.41, 5.74) is 11.0. The van der Waals surface area contributed by atoms with Gasteiger partial charge in [-0.1, -0.05) is 97.3 Å².